The fourth-order valence-corrected chi connectivity index (χ4v) is 2.88. The molecule has 0 saturated heterocycles. The van der Waals surface area contributed by atoms with E-state index in [0.29, 0.717) is 17.7 Å². The normalized spacial score (nSPS) is 15.8. The summed E-state index contributed by atoms with van der Waals surface area (Å²) in [5.41, 5.74) is 5.50. The molecule has 0 aliphatic heterocycles. The minimum absolute atomic E-state index is 0. The van der Waals surface area contributed by atoms with Gasteiger partial charge in [0.2, 0.25) is 0 Å². The molecule has 1 aliphatic rings. The Morgan fingerprint density at radius 2 is 2.16 bits per heavy atom. The number of hydrogen-bond donors (Lipinski definition) is 3. The van der Waals surface area contributed by atoms with Crippen LogP contribution in [0.15, 0.2) is 21.5 Å². The second-order valence-corrected chi connectivity index (χ2v) is 6.28. The van der Waals surface area contributed by atoms with Gasteiger partial charge in [-0.3, -0.25) is 4.79 Å². The highest BCUT2D eigenvalue weighted by Gasteiger charge is 2.36. The van der Waals surface area contributed by atoms with E-state index < -0.39 is 5.91 Å². The maximum absolute atomic E-state index is 11.1. The van der Waals surface area contributed by atoms with Crippen molar-refractivity contribution in [3.8, 4) is 0 Å². The van der Waals surface area contributed by atoms with Crippen LogP contribution in [0.2, 0.25) is 0 Å². The first-order chi connectivity index (χ1) is 11.6. The van der Waals surface area contributed by atoms with Crippen LogP contribution in [0, 0.1) is 5.41 Å². The predicted molar refractivity (Wildman–Crippen MR) is 108 cm³/mol. The van der Waals surface area contributed by atoms with Gasteiger partial charge in [0, 0.05) is 26.8 Å². The number of nitrogens with zero attached hydrogens (tertiary/aromatic N) is 1. The summed E-state index contributed by atoms with van der Waals surface area (Å²) < 4.78 is 10.6. The molecule has 1 amide bonds. The number of guanidine groups is 1. The molecule has 142 valence electrons. The number of halogens is 1. The zero-order valence-corrected chi connectivity index (χ0v) is 17.3. The highest BCUT2D eigenvalue weighted by Crippen LogP contribution is 2.43. The topological polar surface area (TPSA) is 102 Å². The van der Waals surface area contributed by atoms with E-state index in [-0.39, 0.29) is 29.7 Å². The highest BCUT2D eigenvalue weighted by atomic mass is 127. The quantitative estimate of drug-likeness (QED) is 0.296. The number of nitrogens with two attached hydrogens (primary N) is 1. The Labute approximate surface area is 166 Å². The summed E-state index contributed by atoms with van der Waals surface area (Å²) in [4.78, 5) is 15.6. The van der Waals surface area contributed by atoms with Crippen molar-refractivity contribution in [1.29, 1.82) is 0 Å². The number of aliphatic imine (C=N–C) groups is 1. The van der Waals surface area contributed by atoms with Crippen LogP contribution in [0.3, 0.4) is 0 Å². The predicted octanol–water partition coefficient (Wildman–Crippen LogP) is 2.26. The van der Waals surface area contributed by atoms with Gasteiger partial charge in [-0.15, -0.1) is 24.0 Å². The number of primary amides is 1. The Hall–Kier alpha value is -1.29. The molecule has 1 heterocycles. The lowest BCUT2D eigenvalue weighted by Crippen LogP contribution is -2.46. The van der Waals surface area contributed by atoms with E-state index in [0.717, 1.165) is 32.1 Å². The molecule has 8 heteroatoms. The molecule has 0 aromatic carbocycles. The molecule has 1 fully saturated rings. The van der Waals surface area contributed by atoms with E-state index in [9.17, 15) is 4.79 Å². The maximum Gasteiger partial charge on any atom is 0.284 e. The Kier molecular flexibility index (Phi) is 9.26. The fourth-order valence-electron chi connectivity index (χ4n) is 2.88. The molecule has 0 spiro atoms. The average molecular weight is 464 g/mol. The average Bonchev–Trinajstić information content (AvgIpc) is 3.00. The standard InChI is InChI=1S/C17H28N4O3.HI/c1-3-19-16(20-11-13-5-6-14(24-13)15(18)22)21-12-17(7-4-8-17)9-10-23-2;/h5-6H,3-4,7-12H2,1-2H3,(H2,18,22)(H2,19,20,21);1H. The monoisotopic (exact) mass is 464 g/mol. The van der Waals surface area contributed by atoms with Crippen LogP contribution in [0.1, 0.15) is 48.9 Å². The van der Waals surface area contributed by atoms with Crippen molar-refractivity contribution >= 4 is 35.8 Å². The second kappa shape index (κ2) is 10.6. The van der Waals surface area contributed by atoms with Gasteiger partial charge in [-0.05, 0) is 43.7 Å². The lowest BCUT2D eigenvalue weighted by molar-refractivity contribution is 0.0732. The van der Waals surface area contributed by atoms with Crippen molar-refractivity contribution in [2.24, 2.45) is 16.1 Å². The minimum Gasteiger partial charge on any atom is -0.454 e. The third kappa shape index (κ3) is 6.50. The van der Waals surface area contributed by atoms with Crippen molar-refractivity contribution in [2.75, 3.05) is 26.8 Å². The van der Waals surface area contributed by atoms with E-state index in [2.05, 4.69) is 15.6 Å². The van der Waals surface area contributed by atoms with Crippen LogP contribution >= 0.6 is 24.0 Å². The Morgan fingerprint density at radius 3 is 2.68 bits per heavy atom. The molecule has 1 aromatic heterocycles. The van der Waals surface area contributed by atoms with Gasteiger partial charge in [0.15, 0.2) is 11.7 Å². The Morgan fingerprint density at radius 1 is 1.40 bits per heavy atom. The molecule has 2 rings (SSSR count). The van der Waals surface area contributed by atoms with Gasteiger partial charge < -0.3 is 25.5 Å². The van der Waals surface area contributed by atoms with Gasteiger partial charge in [0.25, 0.3) is 5.91 Å². The number of nitrogens with one attached hydrogen (secondary N) is 2. The van der Waals surface area contributed by atoms with E-state index in [1.54, 1.807) is 19.2 Å². The minimum atomic E-state index is -0.569. The molecule has 0 unspecified atom stereocenters. The zero-order valence-electron chi connectivity index (χ0n) is 15.0. The number of carbonyl (C=O) groups is 1. The number of rotatable bonds is 9. The Bertz CT molecular complexity index is 570. The Balaban J connectivity index is 0.00000312. The van der Waals surface area contributed by atoms with Crippen LogP contribution in [0.4, 0.5) is 0 Å². The molecular weight excluding hydrogens is 435 g/mol. The summed E-state index contributed by atoms with van der Waals surface area (Å²) in [6, 6.07) is 3.29. The number of carbonyl (C=O) groups excluding carboxylic acids is 1. The number of amides is 1. The molecule has 7 nitrogen and oxygen atoms in total. The lowest BCUT2D eigenvalue weighted by Gasteiger charge is -2.42. The second-order valence-electron chi connectivity index (χ2n) is 6.28. The van der Waals surface area contributed by atoms with Gasteiger partial charge in [-0.2, -0.15) is 0 Å². The molecule has 4 N–H and O–H groups in total. The zero-order chi connectivity index (χ0) is 17.4. The molecule has 0 atom stereocenters. The third-order valence-corrected chi connectivity index (χ3v) is 4.52. The summed E-state index contributed by atoms with van der Waals surface area (Å²) in [6.45, 7) is 4.83. The van der Waals surface area contributed by atoms with E-state index in [4.69, 9.17) is 14.9 Å². The maximum atomic E-state index is 11.1. The third-order valence-electron chi connectivity index (χ3n) is 4.52. The first kappa shape index (κ1) is 21.8. The van der Waals surface area contributed by atoms with Crippen molar-refractivity contribution in [2.45, 2.75) is 39.2 Å². The van der Waals surface area contributed by atoms with E-state index in [1.807, 2.05) is 6.92 Å². The first-order valence-corrected chi connectivity index (χ1v) is 8.48. The SMILES string of the molecule is CCNC(=NCc1ccc(C(N)=O)o1)NCC1(CCOC)CCC1.I. The molecule has 1 aliphatic carbocycles. The van der Waals surface area contributed by atoms with Gasteiger partial charge in [0.05, 0.1) is 0 Å². The fraction of sp³-hybridized carbons (Fsp3) is 0.647. The highest BCUT2D eigenvalue weighted by molar-refractivity contribution is 14.0. The van der Waals surface area contributed by atoms with Gasteiger partial charge in [-0.1, -0.05) is 6.42 Å². The van der Waals surface area contributed by atoms with Gasteiger partial charge in [-0.25, -0.2) is 4.99 Å². The number of methoxy groups -OCH3 is 1. The van der Waals surface area contributed by atoms with Crippen molar-refractivity contribution in [3.63, 3.8) is 0 Å². The molecule has 0 bridgehead atoms. The van der Waals surface area contributed by atoms with Gasteiger partial charge >= 0.3 is 0 Å². The summed E-state index contributed by atoms with van der Waals surface area (Å²) in [5, 5.41) is 6.66. The summed E-state index contributed by atoms with van der Waals surface area (Å²) in [6.07, 6.45) is 4.79. The largest absolute Gasteiger partial charge is 0.454 e. The van der Waals surface area contributed by atoms with Crippen LogP contribution in [-0.4, -0.2) is 38.7 Å². The number of ether oxygens (including phenoxy) is 1. The molecular formula is C17H29IN4O3. The lowest BCUT2D eigenvalue weighted by atomic mass is 9.67. The van der Waals surface area contributed by atoms with Crippen molar-refractivity contribution in [1.82, 2.24) is 10.6 Å². The summed E-state index contributed by atoms with van der Waals surface area (Å²) in [5.74, 6) is 0.948. The number of hydrogen-bond acceptors (Lipinski definition) is 4. The number of furan rings is 1. The first-order valence-electron chi connectivity index (χ1n) is 8.48. The van der Waals surface area contributed by atoms with Crippen LogP contribution in [-0.2, 0) is 11.3 Å². The molecule has 25 heavy (non-hydrogen) atoms. The van der Waals surface area contributed by atoms with E-state index >= 15 is 0 Å². The molecule has 1 aromatic rings. The van der Waals surface area contributed by atoms with Crippen LogP contribution in [0.25, 0.3) is 0 Å². The van der Waals surface area contributed by atoms with Crippen LogP contribution in [0.5, 0.6) is 0 Å². The summed E-state index contributed by atoms with van der Waals surface area (Å²) >= 11 is 0. The smallest absolute Gasteiger partial charge is 0.284 e. The molecule has 0 radical (unpaired) electrons. The van der Waals surface area contributed by atoms with Crippen LogP contribution < -0.4 is 16.4 Å². The van der Waals surface area contributed by atoms with Crippen molar-refractivity contribution in [3.05, 3.63) is 23.7 Å². The van der Waals surface area contributed by atoms with Crippen molar-refractivity contribution < 1.29 is 13.9 Å². The summed E-state index contributed by atoms with van der Waals surface area (Å²) in [7, 11) is 1.75. The van der Waals surface area contributed by atoms with Gasteiger partial charge in [0.1, 0.15) is 12.3 Å². The van der Waals surface area contributed by atoms with E-state index in [1.165, 1.54) is 19.3 Å². The molecule has 1 saturated carbocycles.